The molecule has 1 aromatic carbocycles. The van der Waals surface area contributed by atoms with E-state index in [2.05, 4.69) is 36.6 Å². The van der Waals surface area contributed by atoms with E-state index in [9.17, 15) is 5.11 Å². The highest BCUT2D eigenvalue weighted by atomic mass is 35.5. The van der Waals surface area contributed by atoms with Crippen molar-refractivity contribution in [3.05, 3.63) is 29.3 Å². The Morgan fingerprint density at radius 2 is 1.73 bits per heavy atom. The number of aryl methyl sites for hydroxylation is 2. The number of aliphatic hydroxyl groups is 1. The first-order valence-electron chi connectivity index (χ1n) is 7.91. The zero-order valence-corrected chi connectivity index (χ0v) is 14.7. The smallest absolute Gasteiger partial charge is 0.119 e. The minimum atomic E-state index is -0.431. The zero-order valence-electron chi connectivity index (χ0n) is 13.9. The van der Waals surface area contributed by atoms with E-state index in [0.29, 0.717) is 13.2 Å². The van der Waals surface area contributed by atoms with Crippen molar-refractivity contribution in [1.29, 1.82) is 0 Å². The first-order valence-corrected chi connectivity index (χ1v) is 7.91. The summed E-state index contributed by atoms with van der Waals surface area (Å²) in [5.74, 6) is 0.841. The lowest BCUT2D eigenvalue weighted by molar-refractivity contribution is 0.0471. The van der Waals surface area contributed by atoms with E-state index in [4.69, 9.17) is 4.74 Å². The molecule has 0 spiro atoms. The van der Waals surface area contributed by atoms with Crippen LogP contribution in [0.25, 0.3) is 0 Å². The third-order valence-corrected chi connectivity index (χ3v) is 4.30. The number of ether oxygens (including phenoxy) is 1. The molecule has 126 valence electrons. The van der Waals surface area contributed by atoms with Crippen LogP contribution in [0.4, 0.5) is 0 Å². The molecule has 0 aromatic heterocycles. The number of aliphatic hydroxyl groups excluding tert-OH is 1. The van der Waals surface area contributed by atoms with Crippen LogP contribution in [0.1, 0.15) is 18.1 Å². The Bertz CT molecular complexity index is 448. The average molecular weight is 329 g/mol. The molecule has 1 atom stereocenters. The van der Waals surface area contributed by atoms with Crippen LogP contribution >= 0.6 is 12.4 Å². The highest BCUT2D eigenvalue weighted by Gasteiger charge is 2.18. The first kappa shape index (κ1) is 19.2. The number of halogens is 1. The van der Waals surface area contributed by atoms with E-state index in [1.165, 1.54) is 11.1 Å². The van der Waals surface area contributed by atoms with Gasteiger partial charge in [0, 0.05) is 32.7 Å². The SMILES string of the molecule is CCN1CCN(CC(O)COc2ccc(C)c(C)c2)CC1.Cl. The number of benzene rings is 1. The highest BCUT2D eigenvalue weighted by molar-refractivity contribution is 5.85. The van der Waals surface area contributed by atoms with Gasteiger partial charge in [-0.15, -0.1) is 12.4 Å². The molecule has 5 heteroatoms. The Hall–Kier alpha value is -0.810. The first-order chi connectivity index (χ1) is 10.1. The van der Waals surface area contributed by atoms with Crippen LogP contribution in [0, 0.1) is 13.8 Å². The van der Waals surface area contributed by atoms with Crippen molar-refractivity contribution in [2.75, 3.05) is 45.9 Å². The van der Waals surface area contributed by atoms with Gasteiger partial charge in [0.2, 0.25) is 0 Å². The molecule has 1 aromatic rings. The van der Waals surface area contributed by atoms with Gasteiger partial charge in [0.1, 0.15) is 18.5 Å². The number of hydrogen-bond donors (Lipinski definition) is 1. The molecule has 1 heterocycles. The second kappa shape index (κ2) is 9.36. The maximum absolute atomic E-state index is 10.1. The minimum absolute atomic E-state index is 0. The molecule has 1 saturated heterocycles. The minimum Gasteiger partial charge on any atom is -0.491 e. The molecule has 22 heavy (non-hydrogen) atoms. The zero-order chi connectivity index (χ0) is 15.2. The van der Waals surface area contributed by atoms with Crippen molar-refractivity contribution >= 4 is 12.4 Å². The van der Waals surface area contributed by atoms with Gasteiger partial charge in [-0.05, 0) is 43.7 Å². The van der Waals surface area contributed by atoms with Gasteiger partial charge >= 0.3 is 0 Å². The van der Waals surface area contributed by atoms with Crippen LogP contribution in [-0.4, -0.2) is 66.9 Å². The number of rotatable bonds is 6. The van der Waals surface area contributed by atoms with E-state index in [1.807, 2.05) is 12.1 Å². The predicted octanol–water partition coefficient (Wildman–Crippen LogP) is 2.10. The standard InChI is InChI=1S/C17H28N2O2.ClH/c1-4-18-7-9-19(10-8-18)12-16(20)13-21-17-6-5-14(2)15(3)11-17;/h5-6,11,16,20H,4,7-10,12-13H2,1-3H3;1H. The summed E-state index contributed by atoms with van der Waals surface area (Å²) in [6.45, 7) is 12.8. The Morgan fingerprint density at radius 1 is 1.09 bits per heavy atom. The Kier molecular flexibility index (Phi) is 8.18. The predicted molar refractivity (Wildman–Crippen MR) is 93.2 cm³/mol. The Morgan fingerprint density at radius 3 is 2.32 bits per heavy atom. The van der Waals surface area contributed by atoms with E-state index in [1.54, 1.807) is 0 Å². The molecule has 1 unspecified atom stereocenters. The van der Waals surface area contributed by atoms with Gasteiger partial charge in [0.15, 0.2) is 0 Å². The summed E-state index contributed by atoms with van der Waals surface area (Å²) in [7, 11) is 0. The molecule has 1 aliphatic rings. The molecule has 0 amide bonds. The van der Waals surface area contributed by atoms with E-state index < -0.39 is 6.10 Å². The lowest BCUT2D eigenvalue weighted by atomic mass is 10.1. The van der Waals surface area contributed by atoms with E-state index in [0.717, 1.165) is 38.5 Å². The summed E-state index contributed by atoms with van der Waals surface area (Å²) < 4.78 is 5.70. The lowest BCUT2D eigenvalue weighted by Crippen LogP contribution is -2.49. The maximum atomic E-state index is 10.1. The van der Waals surface area contributed by atoms with E-state index in [-0.39, 0.29) is 12.4 Å². The van der Waals surface area contributed by atoms with Crippen LogP contribution in [0.5, 0.6) is 5.75 Å². The van der Waals surface area contributed by atoms with Crippen molar-refractivity contribution in [3.8, 4) is 5.75 Å². The van der Waals surface area contributed by atoms with Crippen molar-refractivity contribution in [2.24, 2.45) is 0 Å². The fourth-order valence-electron chi connectivity index (χ4n) is 2.63. The molecule has 2 rings (SSSR count). The second-order valence-corrected chi connectivity index (χ2v) is 5.95. The van der Waals surface area contributed by atoms with Gasteiger partial charge < -0.3 is 14.7 Å². The molecular weight excluding hydrogens is 300 g/mol. The molecule has 1 N–H and O–H groups in total. The second-order valence-electron chi connectivity index (χ2n) is 5.95. The van der Waals surface area contributed by atoms with Crippen LogP contribution in [-0.2, 0) is 0 Å². The van der Waals surface area contributed by atoms with Crippen molar-refractivity contribution < 1.29 is 9.84 Å². The van der Waals surface area contributed by atoms with Gasteiger partial charge in [-0.2, -0.15) is 0 Å². The lowest BCUT2D eigenvalue weighted by Gasteiger charge is -2.34. The van der Waals surface area contributed by atoms with E-state index >= 15 is 0 Å². The molecule has 1 aliphatic heterocycles. The molecule has 0 aliphatic carbocycles. The number of piperazine rings is 1. The average Bonchev–Trinajstić information content (AvgIpc) is 2.49. The van der Waals surface area contributed by atoms with Gasteiger partial charge in [0.05, 0.1) is 0 Å². The van der Waals surface area contributed by atoms with Crippen molar-refractivity contribution in [3.63, 3.8) is 0 Å². The van der Waals surface area contributed by atoms with Crippen molar-refractivity contribution in [2.45, 2.75) is 26.9 Å². The summed E-state index contributed by atoms with van der Waals surface area (Å²) >= 11 is 0. The molecular formula is C17H29ClN2O2. The summed E-state index contributed by atoms with van der Waals surface area (Å²) in [6, 6.07) is 6.05. The number of hydrogen-bond acceptors (Lipinski definition) is 4. The number of likely N-dealkylation sites (N-methyl/N-ethyl adjacent to an activating group) is 1. The largest absolute Gasteiger partial charge is 0.491 e. The maximum Gasteiger partial charge on any atom is 0.119 e. The third-order valence-electron chi connectivity index (χ3n) is 4.30. The molecule has 4 nitrogen and oxygen atoms in total. The van der Waals surface area contributed by atoms with Crippen LogP contribution in [0.2, 0.25) is 0 Å². The van der Waals surface area contributed by atoms with Crippen LogP contribution < -0.4 is 4.74 Å². The van der Waals surface area contributed by atoms with Crippen molar-refractivity contribution in [1.82, 2.24) is 9.80 Å². The monoisotopic (exact) mass is 328 g/mol. The number of β-amino-alcohol motifs (C(OH)–C–C–N with tert-alkyl or cyclic N) is 1. The van der Waals surface area contributed by atoms with Crippen LogP contribution in [0.15, 0.2) is 18.2 Å². The normalized spacial score (nSPS) is 17.8. The Balaban J connectivity index is 0.00000242. The summed E-state index contributed by atoms with van der Waals surface area (Å²) in [5.41, 5.74) is 2.48. The summed E-state index contributed by atoms with van der Waals surface area (Å²) in [4.78, 5) is 4.76. The molecule has 0 radical (unpaired) electrons. The van der Waals surface area contributed by atoms with Gasteiger partial charge in [-0.25, -0.2) is 0 Å². The highest BCUT2D eigenvalue weighted by Crippen LogP contribution is 2.16. The molecule has 0 saturated carbocycles. The van der Waals surface area contributed by atoms with Crippen LogP contribution in [0.3, 0.4) is 0 Å². The fourth-order valence-corrected chi connectivity index (χ4v) is 2.63. The molecule has 1 fully saturated rings. The quantitative estimate of drug-likeness (QED) is 0.867. The molecule has 0 bridgehead atoms. The van der Waals surface area contributed by atoms with Gasteiger partial charge in [0.25, 0.3) is 0 Å². The summed E-state index contributed by atoms with van der Waals surface area (Å²) in [5, 5.41) is 10.1. The third kappa shape index (κ3) is 5.76. The summed E-state index contributed by atoms with van der Waals surface area (Å²) in [6.07, 6.45) is -0.431. The number of nitrogens with zero attached hydrogens (tertiary/aromatic N) is 2. The van der Waals surface area contributed by atoms with Gasteiger partial charge in [-0.1, -0.05) is 13.0 Å². The fraction of sp³-hybridized carbons (Fsp3) is 0.647. The van der Waals surface area contributed by atoms with Gasteiger partial charge in [-0.3, -0.25) is 4.90 Å². The topological polar surface area (TPSA) is 35.9 Å². The Labute approximate surface area is 140 Å².